The molecule has 8 N–H and O–H groups in total. The number of amides is 3. The van der Waals surface area contributed by atoms with E-state index >= 15 is 0 Å². The van der Waals surface area contributed by atoms with E-state index in [1.807, 2.05) is 6.92 Å². The molecule has 10 atom stereocenters. The van der Waals surface area contributed by atoms with Crippen molar-refractivity contribution in [3.63, 3.8) is 0 Å². The highest BCUT2D eigenvalue weighted by Gasteiger charge is 2.49. The number of hydrogen-bond donors (Lipinski definition) is 7. The molecule has 1 aliphatic rings. The van der Waals surface area contributed by atoms with E-state index < -0.39 is 83.3 Å². The zero-order chi connectivity index (χ0) is 35.4. The summed E-state index contributed by atoms with van der Waals surface area (Å²) in [4.78, 5) is 42.0. The van der Waals surface area contributed by atoms with Crippen molar-refractivity contribution in [2.45, 2.75) is 111 Å². The van der Waals surface area contributed by atoms with E-state index in [1.165, 1.54) is 7.05 Å². The molecule has 264 valence electrons. The van der Waals surface area contributed by atoms with Crippen LogP contribution in [0.2, 0.25) is 0 Å². The molecule has 14 heteroatoms. The second-order valence-corrected chi connectivity index (χ2v) is 13.2. The molecule has 0 saturated carbocycles. The molecule has 1 fully saturated rings. The first-order chi connectivity index (χ1) is 21.3. The maximum atomic E-state index is 13.7. The van der Waals surface area contributed by atoms with Crippen LogP contribution >= 0.6 is 0 Å². The molecule has 0 aromatic heterocycles. The molecule has 0 aromatic carbocycles. The van der Waals surface area contributed by atoms with Gasteiger partial charge in [0.05, 0.1) is 29.8 Å². The van der Waals surface area contributed by atoms with Crippen LogP contribution in [-0.4, -0.2) is 102 Å². The van der Waals surface area contributed by atoms with E-state index in [2.05, 4.69) is 26.9 Å². The maximum absolute atomic E-state index is 13.7. The Hall–Kier alpha value is -3.12. The van der Waals surface area contributed by atoms with Crippen molar-refractivity contribution in [3.8, 4) is 12.3 Å². The van der Waals surface area contributed by atoms with Crippen LogP contribution in [0.25, 0.3) is 0 Å². The van der Waals surface area contributed by atoms with Gasteiger partial charge in [0.1, 0.15) is 18.8 Å². The zero-order valence-electron chi connectivity index (χ0n) is 28.8. The van der Waals surface area contributed by atoms with Crippen LogP contribution < -0.4 is 21.7 Å². The minimum absolute atomic E-state index is 0.0542. The van der Waals surface area contributed by atoms with E-state index in [0.29, 0.717) is 12.8 Å². The number of aliphatic imine (C=N–C) groups is 1. The lowest BCUT2D eigenvalue weighted by Gasteiger charge is -2.45. The van der Waals surface area contributed by atoms with Gasteiger partial charge in [0, 0.05) is 37.4 Å². The summed E-state index contributed by atoms with van der Waals surface area (Å²) in [5, 5.41) is 41.8. The number of aliphatic hydroxyl groups is 3. The Morgan fingerprint density at radius 3 is 2.37 bits per heavy atom. The molecule has 1 heterocycles. The van der Waals surface area contributed by atoms with Crippen molar-refractivity contribution < 1.29 is 43.9 Å². The van der Waals surface area contributed by atoms with Gasteiger partial charge in [0.15, 0.2) is 5.96 Å². The molecular weight excluding hydrogens is 598 g/mol. The van der Waals surface area contributed by atoms with E-state index in [0.717, 1.165) is 0 Å². The van der Waals surface area contributed by atoms with Crippen molar-refractivity contribution in [3.05, 3.63) is 0 Å². The van der Waals surface area contributed by atoms with Crippen LogP contribution in [-0.2, 0) is 19.0 Å². The first kappa shape index (κ1) is 40.9. The Morgan fingerprint density at radius 2 is 1.80 bits per heavy atom. The second-order valence-electron chi connectivity index (χ2n) is 13.2. The summed E-state index contributed by atoms with van der Waals surface area (Å²) in [6, 6.07) is -0.512. The van der Waals surface area contributed by atoms with Crippen LogP contribution in [0.3, 0.4) is 0 Å². The fourth-order valence-electron chi connectivity index (χ4n) is 6.33. The quantitative estimate of drug-likeness (QED) is 0.0658. The van der Waals surface area contributed by atoms with Gasteiger partial charge in [-0.05, 0) is 39.0 Å². The van der Waals surface area contributed by atoms with E-state index in [-0.39, 0.29) is 32.1 Å². The van der Waals surface area contributed by atoms with Crippen LogP contribution in [0.4, 0.5) is 9.59 Å². The van der Waals surface area contributed by atoms with Crippen LogP contribution in [0.5, 0.6) is 0 Å². The third kappa shape index (κ3) is 11.3. The standard InChI is InChI=1S/C32H57N5O9/c1-11-16-44-26-20(5)24(46-30(42)36-15-13-14-35-28(33)37-29(41)34-10)21(6)27(40)45-22(12-2)31(7,8)25(39)19(4)23(38)18(3)17-32(26,9)43/h1,18-26,38-39,43H,12-17H2,2-10H3,(H,36,42)(H4,33,34,35,37,41)/t18-,19+,20+,21-,22-,23+,24+,25-,26-,32-/m1/s1. The fourth-order valence-corrected chi connectivity index (χ4v) is 6.33. The monoisotopic (exact) mass is 655 g/mol. The van der Waals surface area contributed by atoms with E-state index in [9.17, 15) is 29.7 Å². The SMILES string of the molecule is C#CCO[C@@H]1[C@@H](C)[C@H](OC(=O)NCCCN=C(N)NC(=O)NC)[C@@H](C)C(=O)O[C@H](CC)C(C)(C)[C@H](O)[C@@H](C)[C@@H](O)[C@H](C)C[C@@]1(C)O. The molecule has 14 nitrogen and oxygen atoms in total. The third-order valence-electron chi connectivity index (χ3n) is 8.99. The topological polar surface area (TPSA) is 214 Å². The molecule has 1 saturated heterocycles. The fraction of sp³-hybridized carbons (Fsp3) is 0.812. The maximum Gasteiger partial charge on any atom is 0.407 e. The molecule has 1 rings (SSSR count). The summed E-state index contributed by atoms with van der Waals surface area (Å²) < 4.78 is 17.7. The van der Waals surface area contributed by atoms with E-state index in [1.54, 1.807) is 48.5 Å². The number of carbonyl (C=O) groups excluding carboxylic acids is 3. The van der Waals surface area contributed by atoms with Gasteiger partial charge in [-0.3, -0.25) is 15.1 Å². The van der Waals surface area contributed by atoms with Gasteiger partial charge in [0.25, 0.3) is 0 Å². The first-order valence-corrected chi connectivity index (χ1v) is 15.9. The van der Waals surface area contributed by atoms with Gasteiger partial charge < -0.3 is 45.9 Å². The number of nitrogens with two attached hydrogens (primary N) is 1. The number of nitrogens with zero attached hydrogens (tertiary/aromatic N) is 1. The van der Waals surface area contributed by atoms with Crippen molar-refractivity contribution in [1.29, 1.82) is 0 Å². The average molecular weight is 656 g/mol. The average Bonchev–Trinajstić information content (AvgIpc) is 2.99. The van der Waals surface area contributed by atoms with Crippen LogP contribution in [0.1, 0.15) is 74.7 Å². The Bertz CT molecular complexity index is 1080. The molecule has 0 unspecified atom stereocenters. The molecule has 3 amide bonds. The summed E-state index contributed by atoms with van der Waals surface area (Å²) in [6.45, 7) is 13.9. The van der Waals surface area contributed by atoms with E-state index in [4.69, 9.17) is 26.4 Å². The summed E-state index contributed by atoms with van der Waals surface area (Å²) >= 11 is 0. The Balaban J connectivity index is 3.40. The van der Waals surface area contributed by atoms with Crippen molar-refractivity contribution in [1.82, 2.24) is 16.0 Å². The van der Waals surface area contributed by atoms with Gasteiger partial charge in [-0.2, -0.15) is 0 Å². The minimum atomic E-state index is -1.60. The summed E-state index contributed by atoms with van der Waals surface area (Å²) in [6.07, 6.45) is 0.492. The molecule has 0 bridgehead atoms. The highest BCUT2D eigenvalue weighted by atomic mass is 16.6. The zero-order valence-corrected chi connectivity index (χ0v) is 28.8. The molecule has 46 heavy (non-hydrogen) atoms. The molecule has 0 aromatic rings. The number of cyclic esters (lactones) is 1. The second kappa shape index (κ2) is 18.3. The lowest BCUT2D eigenvalue weighted by Crippen LogP contribution is -2.55. The number of guanidine groups is 1. The Morgan fingerprint density at radius 1 is 1.17 bits per heavy atom. The Labute approximate surface area is 273 Å². The number of alkyl carbamates (subject to hydrolysis) is 1. The summed E-state index contributed by atoms with van der Waals surface area (Å²) in [7, 11) is 1.44. The molecule has 0 spiro atoms. The lowest BCUT2D eigenvalue weighted by atomic mass is 9.70. The number of esters is 1. The van der Waals surface area contributed by atoms with Crippen LogP contribution in [0, 0.1) is 41.4 Å². The number of nitrogens with one attached hydrogen (secondary N) is 3. The first-order valence-electron chi connectivity index (χ1n) is 15.9. The van der Waals surface area contributed by atoms with Gasteiger partial charge in [0.2, 0.25) is 0 Å². The number of terminal acetylenes is 1. The van der Waals surface area contributed by atoms with Gasteiger partial charge in [-0.25, -0.2) is 9.59 Å². The number of aliphatic hydroxyl groups excluding tert-OH is 2. The Kier molecular flexibility index (Phi) is 16.3. The third-order valence-corrected chi connectivity index (χ3v) is 8.99. The van der Waals surface area contributed by atoms with Gasteiger partial charge in [-0.1, -0.05) is 47.5 Å². The largest absolute Gasteiger partial charge is 0.461 e. The molecule has 1 aliphatic heterocycles. The molecular formula is C32H57N5O9. The van der Waals surface area contributed by atoms with Gasteiger partial charge in [-0.15, -0.1) is 6.42 Å². The lowest BCUT2D eigenvalue weighted by molar-refractivity contribution is -0.185. The number of ether oxygens (including phenoxy) is 3. The minimum Gasteiger partial charge on any atom is -0.461 e. The summed E-state index contributed by atoms with van der Waals surface area (Å²) in [5.41, 5.74) is 3.09. The summed E-state index contributed by atoms with van der Waals surface area (Å²) in [5.74, 6) is -1.25. The number of urea groups is 1. The number of rotatable bonds is 8. The van der Waals surface area contributed by atoms with Crippen molar-refractivity contribution in [2.24, 2.45) is 39.8 Å². The van der Waals surface area contributed by atoms with Crippen LogP contribution in [0.15, 0.2) is 4.99 Å². The highest BCUT2D eigenvalue weighted by Crippen LogP contribution is 2.40. The van der Waals surface area contributed by atoms with Crippen molar-refractivity contribution >= 4 is 24.1 Å². The normalized spacial score (nSPS) is 34.3. The smallest absolute Gasteiger partial charge is 0.407 e. The predicted octanol–water partition coefficient (Wildman–Crippen LogP) is 1.50. The van der Waals surface area contributed by atoms with Crippen molar-refractivity contribution in [2.75, 3.05) is 26.7 Å². The van der Waals surface area contributed by atoms with Gasteiger partial charge >= 0.3 is 18.1 Å². The predicted molar refractivity (Wildman–Crippen MR) is 173 cm³/mol. The number of hydrogen-bond acceptors (Lipinski definition) is 10. The highest BCUT2D eigenvalue weighted by molar-refractivity contribution is 5.95. The molecule has 0 radical (unpaired) electrons. The molecule has 0 aliphatic carbocycles. The number of carbonyl (C=O) groups is 3.